The standard InChI is InChI=1S/C21H42N2/c1-5-7-9-11-12-13-15-17-22-18-19-23(20(3)4)21(22)16-14-10-8-6-2/h18-21H,5-17H2,1-4H3. The van der Waals surface area contributed by atoms with E-state index in [0.29, 0.717) is 12.2 Å². The van der Waals surface area contributed by atoms with E-state index in [4.69, 9.17) is 0 Å². The number of unbranched alkanes of at least 4 members (excludes halogenated alkanes) is 9. The average Bonchev–Trinajstić information content (AvgIpc) is 2.94. The van der Waals surface area contributed by atoms with Crippen LogP contribution in [0.25, 0.3) is 0 Å². The highest BCUT2D eigenvalue weighted by molar-refractivity contribution is 4.98. The van der Waals surface area contributed by atoms with E-state index in [1.165, 1.54) is 83.6 Å². The predicted octanol–water partition coefficient (Wildman–Crippen LogP) is 6.53. The van der Waals surface area contributed by atoms with Crippen molar-refractivity contribution in [1.82, 2.24) is 9.80 Å². The van der Waals surface area contributed by atoms with Crippen molar-refractivity contribution < 1.29 is 0 Å². The minimum atomic E-state index is 0.612. The van der Waals surface area contributed by atoms with Crippen molar-refractivity contribution in [2.24, 2.45) is 0 Å². The molecule has 1 aliphatic rings. The van der Waals surface area contributed by atoms with Crippen LogP contribution in [0, 0.1) is 0 Å². The molecule has 2 nitrogen and oxygen atoms in total. The van der Waals surface area contributed by atoms with Crippen molar-refractivity contribution in [2.75, 3.05) is 6.54 Å². The van der Waals surface area contributed by atoms with Crippen LogP contribution in [0.4, 0.5) is 0 Å². The Labute approximate surface area is 146 Å². The first-order chi connectivity index (χ1) is 11.2. The summed E-state index contributed by atoms with van der Waals surface area (Å²) in [5.74, 6) is 0. The van der Waals surface area contributed by atoms with E-state index in [2.05, 4.69) is 49.9 Å². The van der Waals surface area contributed by atoms with Crippen LogP contribution < -0.4 is 0 Å². The van der Waals surface area contributed by atoms with Gasteiger partial charge in [-0.15, -0.1) is 0 Å². The fourth-order valence-electron chi connectivity index (χ4n) is 3.59. The van der Waals surface area contributed by atoms with Crippen molar-refractivity contribution in [3.05, 3.63) is 12.4 Å². The van der Waals surface area contributed by atoms with Gasteiger partial charge in [-0.1, -0.05) is 71.6 Å². The van der Waals surface area contributed by atoms with Crippen LogP contribution >= 0.6 is 0 Å². The predicted molar refractivity (Wildman–Crippen MR) is 103 cm³/mol. The highest BCUT2D eigenvalue weighted by atomic mass is 15.4. The van der Waals surface area contributed by atoms with Gasteiger partial charge in [-0.3, -0.25) is 0 Å². The summed E-state index contributed by atoms with van der Waals surface area (Å²) in [7, 11) is 0. The second-order valence-corrected chi connectivity index (χ2v) is 7.53. The molecule has 23 heavy (non-hydrogen) atoms. The van der Waals surface area contributed by atoms with Gasteiger partial charge in [0.05, 0.1) is 0 Å². The average molecular weight is 323 g/mol. The van der Waals surface area contributed by atoms with Crippen molar-refractivity contribution in [2.45, 2.75) is 117 Å². The number of hydrogen-bond acceptors (Lipinski definition) is 2. The molecule has 0 fully saturated rings. The van der Waals surface area contributed by atoms with E-state index >= 15 is 0 Å². The molecule has 136 valence electrons. The Hall–Kier alpha value is -0.660. The Bertz CT molecular complexity index is 298. The van der Waals surface area contributed by atoms with Crippen LogP contribution in [-0.2, 0) is 0 Å². The summed E-state index contributed by atoms with van der Waals surface area (Å²) >= 11 is 0. The SMILES string of the molecule is CCCCCCCCCN1C=CN(C(C)C)C1CCCCCC. The van der Waals surface area contributed by atoms with E-state index in [1.807, 2.05) is 0 Å². The first kappa shape index (κ1) is 20.4. The highest BCUT2D eigenvalue weighted by Gasteiger charge is 2.26. The Morgan fingerprint density at radius 1 is 0.739 bits per heavy atom. The van der Waals surface area contributed by atoms with Crippen LogP contribution in [0.5, 0.6) is 0 Å². The number of nitrogens with zero attached hydrogens (tertiary/aromatic N) is 2. The van der Waals surface area contributed by atoms with Crippen LogP contribution in [0.3, 0.4) is 0 Å². The lowest BCUT2D eigenvalue weighted by atomic mass is 10.1. The van der Waals surface area contributed by atoms with Gasteiger partial charge in [0, 0.05) is 25.0 Å². The third-order valence-electron chi connectivity index (χ3n) is 5.09. The second-order valence-electron chi connectivity index (χ2n) is 7.53. The molecule has 0 saturated heterocycles. The summed E-state index contributed by atoms with van der Waals surface area (Å²) in [5.41, 5.74) is 0. The van der Waals surface area contributed by atoms with Gasteiger partial charge in [0.1, 0.15) is 6.17 Å². The topological polar surface area (TPSA) is 6.48 Å². The largest absolute Gasteiger partial charge is 0.356 e. The van der Waals surface area contributed by atoms with Gasteiger partial charge in [0.2, 0.25) is 0 Å². The summed E-state index contributed by atoms with van der Waals surface area (Å²) in [5, 5.41) is 0. The van der Waals surface area contributed by atoms with E-state index < -0.39 is 0 Å². The van der Waals surface area contributed by atoms with Crippen LogP contribution in [0.15, 0.2) is 12.4 Å². The van der Waals surface area contributed by atoms with Gasteiger partial charge < -0.3 is 9.80 Å². The third kappa shape index (κ3) is 8.13. The van der Waals surface area contributed by atoms with Gasteiger partial charge in [0.25, 0.3) is 0 Å². The molecule has 0 bridgehead atoms. The first-order valence-electron chi connectivity index (χ1n) is 10.4. The van der Waals surface area contributed by atoms with Gasteiger partial charge in [-0.2, -0.15) is 0 Å². The van der Waals surface area contributed by atoms with E-state index in [-0.39, 0.29) is 0 Å². The molecule has 0 radical (unpaired) electrons. The maximum atomic E-state index is 2.61. The minimum absolute atomic E-state index is 0.612. The van der Waals surface area contributed by atoms with E-state index in [0.717, 1.165) is 0 Å². The summed E-state index contributed by atoms with van der Waals surface area (Å²) in [6, 6.07) is 0.612. The summed E-state index contributed by atoms with van der Waals surface area (Å²) in [4.78, 5) is 5.17. The molecular weight excluding hydrogens is 280 g/mol. The highest BCUT2D eigenvalue weighted by Crippen LogP contribution is 2.24. The molecule has 1 aliphatic heterocycles. The van der Waals surface area contributed by atoms with Gasteiger partial charge in [-0.25, -0.2) is 0 Å². The zero-order valence-electron chi connectivity index (χ0n) is 16.4. The van der Waals surface area contributed by atoms with Crippen molar-refractivity contribution in [3.63, 3.8) is 0 Å². The Balaban J connectivity index is 2.26. The number of rotatable bonds is 14. The number of hydrogen-bond donors (Lipinski definition) is 0. The monoisotopic (exact) mass is 322 g/mol. The molecule has 1 unspecified atom stereocenters. The second kappa shape index (κ2) is 12.7. The first-order valence-corrected chi connectivity index (χ1v) is 10.4. The van der Waals surface area contributed by atoms with E-state index in [9.17, 15) is 0 Å². The quantitative estimate of drug-likeness (QED) is 0.335. The fraction of sp³-hybridized carbons (Fsp3) is 0.905. The lowest BCUT2D eigenvalue weighted by Crippen LogP contribution is -2.42. The van der Waals surface area contributed by atoms with Crippen LogP contribution in [0.2, 0.25) is 0 Å². The maximum absolute atomic E-state index is 2.61. The summed E-state index contributed by atoms with van der Waals surface area (Å²) in [6.45, 7) is 10.5. The zero-order chi connectivity index (χ0) is 16.9. The lowest BCUT2D eigenvalue weighted by Gasteiger charge is -2.35. The van der Waals surface area contributed by atoms with Gasteiger partial charge >= 0.3 is 0 Å². The van der Waals surface area contributed by atoms with Gasteiger partial charge in [0.15, 0.2) is 0 Å². The molecule has 0 aromatic heterocycles. The van der Waals surface area contributed by atoms with Crippen LogP contribution in [-0.4, -0.2) is 28.6 Å². The normalized spacial score (nSPS) is 17.7. The molecule has 2 heteroatoms. The molecule has 0 aromatic rings. The zero-order valence-corrected chi connectivity index (χ0v) is 16.4. The minimum Gasteiger partial charge on any atom is -0.356 e. The third-order valence-corrected chi connectivity index (χ3v) is 5.09. The maximum Gasteiger partial charge on any atom is 0.101 e. The molecule has 1 atom stereocenters. The Kier molecular flexibility index (Phi) is 11.3. The van der Waals surface area contributed by atoms with Crippen molar-refractivity contribution in [1.29, 1.82) is 0 Å². The smallest absolute Gasteiger partial charge is 0.101 e. The molecule has 1 heterocycles. The van der Waals surface area contributed by atoms with Gasteiger partial charge in [-0.05, 0) is 33.1 Å². The lowest BCUT2D eigenvalue weighted by molar-refractivity contribution is 0.114. The van der Waals surface area contributed by atoms with Crippen LogP contribution in [0.1, 0.15) is 105 Å². The summed E-state index contributed by atoms with van der Waals surface area (Å²) in [6.07, 6.45) is 21.9. The molecule has 0 aliphatic carbocycles. The van der Waals surface area contributed by atoms with E-state index in [1.54, 1.807) is 0 Å². The molecule has 0 amide bonds. The summed E-state index contributed by atoms with van der Waals surface area (Å²) < 4.78 is 0. The molecule has 0 spiro atoms. The van der Waals surface area contributed by atoms with Crippen molar-refractivity contribution >= 4 is 0 Å². The molecule has 0 N–H and O–H groups in total. The fourth-order valence-corrected chi connectivity index (χ4v) is 3.59. The molecule has 0 saturated carbocycles. The molecule has 1 rings (SSSR count). The molecule has 0 aromatic carbocycles. The van der Waals surface area contributed by atoms with Crippen molar-refractivity contribution in [3.8, 4) is 0 Å². The molecular formula is C21H42N2. The Morgan fingerprint density at radius 2 is 1.30 bits per heavy atom. The Morgan fingerprint density at radius 3 is 1.91 bits per heavy atom.